The van der Waals surface area contributed by atoms with Crippen molar-refractivity contribution in [1.29, 1.82) is 0 Å². The van der Waals surface area contributed by atoms with Crippen LogP contribution in [-0.2, 0) is 23.8 Å². The Labute approximate surface area is 113 Å². The molecule has 0 bridgehead atoms. The van der Waals surface area contributed by atoms with Crippen LogP contribution in [0.1, 0.15) is 19.8 Å². The highest BCUT2D eigenvalue weighted by atomic mass is 16.5. The fourth-order valence-electron chi connectivity index (χ4n) is 2.60. The van der Waals surface area contributed by atoms with Crippen LogP contribution in [0.25, 0.3) is 0 Å². The molecule has 0 spiro atoms. The van der Waals surface area contributed by atoms with Gasteiger partial charge in [-0.1, -0.05) is 0 Å². The maximum atomic E-state index is 12.4. The topological polar surface area (TPSA) is 65.1 Å². The fourth-order valence-corrected chi connectivity index (χ4v) is 2.60. The summed E-state index contributed by atoms with van der Waals surface area (Å²) in [5, 5.41) is 0. The van der Waals surface area contributed by atoms with Gasteiger partial charge in [0.05, 0.1) is 38.3 Å². The lowest BCUT2D eigenvalue weighted by Crippen LogP contribution is -2.49. The molecule has 108 valence electrons. The quantitative estimate of drug-likeness (QED) is 0.686. The number of morpholine rings is 1. The van der Waals surface area contributed by atoms with Gasteiger partial charge in [-0.05, 0) is 13.3 Å². The van der Waals surface area contributed by atoms with Crippen LogP contribution in [0.4, 0.5) is 0 Å². The third kappa shape index (κ3) is 3.45. The number of carbonyl (C=O) groups excluding carboxylic acids is 2. The summed E-state index contributed by atoms with van der Waals surface area (Å²) in [4.78, 5) is 25.4. The van der Waals surface area contributed by atoms with Gasteiger partial charge in [0.15, 0.2) is 0 Å². The van der Waals surface area contributed by atoms with Gasteiger partial charge in [-0.15, -0.1) is 0 Å². The zero-order valence-corrected chi connectivity index (χ0v) is 11.5. The van der Waals surface area contributed by atoms with E-state index in [0.717, 1.165) is 6.42 Å². The third-order valence-corrected chi connectivity index (χ3v) is 3.77. The Morgan fingerprint density at radius 2 is 2.11 bits per heavy atom. The largest absolute Gasteiger partial charge is 0.469 e. The summed E-state index contributed by atoms with van der Waals surface area (Å²) in [6.07, 6.45) is 0.688. The van der Waals surface area contributed by atoms with Crippen LogP contribution in [0.5, 0.6) is 0 Å². The minimum absolute atomic E-state index is 0.0191. The Morgan fingerprint density at radius 3 is 2.74 bits per heavy atom. The molecule has 6 nitrogen and oxygen atoms in total. The molecule has 2 saturated heterocycles. The van der Waals surface area contributed by atoms with Crippen LogP contribution in [0.15, 0.2) is 0 Å². The van der Waals surface area contributed by atoms with Gasteiger partial charge >= 0.3 is 5.97 Å². The number of hydrogen-bond donors (Lipinski definition) is 0. The number of hydrogen-bond acceptors (Lipinski definition) is 5. The second kappa shape index (κ2) is 6.34. The highest BCUT2D eigenvalue weighted by Gasteiger charge is 2.36. The number of ether oxygens (including phenoxy) is 3. The van der Waals surface area contributed by atoms with E-state index >= 15 is 0 Å². The summed E-state index contributed by atoms with van der Waals surface area (Å²) < 4.78 is 15.6. The van der Waals surface area contributed by atoms with Crippen LogP contribution in [0, 0.1) is 5.92 Å². The molecule has 3 unspecified atom stereocenters. The Morgan fingerprint density at radius 1 is 1.32 bits per heavy atom. The first-order valence-electron chi connectivity index (χ1n) is 6.70. The van der Waals surface area contributed by atoms with Crippen molar-refractivity contribution in [2.24, 2.45) is 5.92 Å². The van der Waals surface area contributed by atoms with Crippen LogP contribution in [-0.4, -0.2) is 62.4 Å². The average molecular weight is 271 g/mol. The number of amides is 1. The molecular weight excluding hydrogens is 250 g/mol. The molecule has 2 heterocycles. The van der Waals surface area contributed by atoms with E-state index in [1.165, 1.54) is 7.11 Å². The van der Waals surface area contributed by atoms with Gasteiger partial charge in [0.1, 0.15) is 0 Å². The standard InChI is InChI=1S/C13H21NO5/c1-9-11(3-5-18-9)13(16)14-4-6-19-10(8-14)7-12(15)17-2/h9-11H,3-8H2,1-2H3. The first-order valence-corrected chi connectivity index (χ1v) is 6.70. The highest BCUT2D eigenvalue weighted by Crippen LogP contribution is 2.24. The summed E-state index contributed by atoms with van der Waals surface area (Å²) >= 11 is 0. The summed E-state index contributed by atoms with van der Waals surface area (Å²) in [7, 11) is 1.35. The number of rotatable bonds is 3. The second-order valence-corrected chi connectivity index (χ2v) is 5.03. The molecule has 1 amide bonds. The van der Waals surface area contributed by atoms with Crippen molar-refractivity contribution in [1.82, 2.24) is 4.90 Å². The highest BCUT2D eigenvalue weighted by molar-refractivity contribution is 5.80. The molecular formula is C13H21NO5. The lowest BCUT2D eigenvalue weighted by molar-refractivity contribution is -0.152. The Balaban J connectivity index is 1.89. The molecule has 2 rings (SSSR count). The van der Waals surface area contributed by atoms with E-state index in [1.54, 1.807) is 4.90 Å². The minimum atomic E-state index is -0.308. The van der Waals surface area contributed by atoms with Crippen molar-refractivity contribution >= 4 is 11.9 Å². The molecule has 3 atom stereocenters. The van der Waals surface area contributed by atoms with Crippen molar-refractivity contribution in [3.8, 4) is 0 Å². The molecule has 0 radical (unpaired) electrons. The molecule has 2 aliphatic heterocycles. The van der Waals surface area contributed by atoms with E-state index in [2.05, 4.69) is 4.74 Å². The smallest absolute Gasteiger partial charge is 0.308 e. The number of nitrogens with zero attached hydrogens (tertiary/aromatic N) is 1. The van der Waals surface area contributed by atoms with E-state index in [9.17, 15) is 9.59 Å². The second-order valence-electron chi connectivity index (χ2n) is 5.03. The van der Waals surface area contributed by atoms with Crippen LogP contribution >= 0.6 is 0 Å². The third-order valence-electron chi connectivity index (χ3n) is 3.77. The lowest BCUT2D eigenvalue weighted by atomic mass is 10.0. The number of carbonyl (C=O) groups is 2. The van der Waals surface area contributed by atoms with Gasteiger partial charge in [0.2, 0.25) is 5.91 Å². The molecule has 0 aromatic heterocycles. The summed E-state index contributed by atoms with van der Waals surface area (Å²) in [5.74, 6) is -0.253. The minimum Gasteiger partial charge on any atom is -0.469 e. The van der Waals surface area contributed by atoms with Crippen molar-refractivity contribution < 1.29 is 23.8 Å². The van der Waals surface area contributed by atoms with Crippen molar-refractivity contribution in [3.05, 3.63) is 0 Å². The van der Waals surface area contributed by atoms with E-state index in [-0.39, 0.29) is 36.4 Å². The first kappa shape index (κ1) is 14.3. The Bertz CT molecular complexity index is 346. The SMILES string of the molecule is COC(=O)CC1CN(C(=O)C2CCOC2C)CCO1. The van der Waals surface area contributed by atoms with E-state index in [4.69, 9.17) is 9.47 Å². The van der Waals surface area contributed by atoms with E-state index in [1.807, 2.05) is 6.92 Å². The van der Waals surface area contributed by atoms with Crippen LogP contribution < -0.4 is 0 Å². The fraction of sp³-hybridized carbons (Fsp3) is 0.846. The number of esters is 1. The van der Waals surface area contributed by atoms with Gasteiger partial charge in [-0.2, -0.15) is 0 Å². The molecule has 19 heavy (non-hydrogen) atoms. The molecule has 2 fully saturated rings. The van der Waals surface area contributed by atoms with E-state index < -0.39 is 0 Å². The van der Waals surface area contributed by atoms with Crippen molar-refractivity contribution in [2.45, 2.75) is 32.0 Å². The summed E-state index contributed by atoms with van der Waals surface area (Å²) in [6, 6.07) is 0. The van der Waals surface area contributed by atoms with Gasteiger partial charge in [0, 0.05) is 19.7 Å². The molecule has 0 aliphatic carbocycles. The predicted molar refractivity (Wildman–Crippen MR) is 66.5 cm³/mol. The molecule has 0 aromatic carbocycles. The maximum Gasteiger partial charge on any atom is 0.308 e. The summed E-state index contributed by atoms with van der Waals surface area (Å²) in [6.45, 7) is 4.09. The molecule has 2 aliphatic rings. The van der Waals surface area contributed by atoms with Crippen LogP contribution in [0.3, 0.4) is 0 Å². The zero-order chi connectivity index (χ0) is 13.8. The van der Waals surface area contributed by atoms with E-state index in [0.29, 0.717) is 26.3 Å². The molecule has 0 saturated carbocycles. The lowest BCUT2D eigenvalue weighted by Gasteiger charge is -2.34. The maximum absolute atomic E-state index is 12.4. The van der Waals surface area contributed by atoms with Crippen LogP contribution in [0.2, 0.25) is 0 Å². The van der Waals surface area contributed by atoms with Crippen molar-refractivity contribution in [2.75, 3.05) is 33.4 Å². The average Bonchev–Trinajstić information content (AvgIpc) is 2.84. The summed E-state index contributed by atoms with van der Waals surface area (Å²) in [5.41, 5.74) is 0. The predicted octanol–water partition coefficient (Wildman–Crippen LogP) is 0.202. The van der Waals surface area contributed by atoms with Gasteiger partial charge in [-0.25, -0.2) is 0 Å². The Hall–Kier alpha value is -1.14. The normalized spacial score (nSPS) is 31.3. The Kier molecular flexibility index (Phi) is 4.76. The zero-order valence-electron chi connectivity index (χ0n) is 11.5. The molecule has 6 heteroatoms. The number of methoxy groups -OCH3 is 1. The molecule has 0 N–H and O–H groups in total. The van der Waals surface area contributed by atoms with Gasteiger partial charge < -0.3 is 19.1 Å². The monoisotopic (exact) mass is 271 g/mol. The first-order chi connectivity index (χ1) is 9.11. The van der Waals surface area contributed by atoms with Gasteiger partial charge in [0.25, 0.3) is 0 Å². The molecule has 0 aromatic rings. The van der Waals surface area contributed by atoms with Gasteiger partial charge in [-0.3, -0.25) is 9.59 Å². The van der Waals surface area contributed by atoms with Crippen molar-refractivity contribution in [3.63, 3.8) is 0 Å².